The summed E-state index contributed by atoms with van der Waals surface area (Å²) in [5.74, 6) is 0.386. The third kappa shape index (κ3) is 3.41. The Hall–Kier alpha value is -0.700. The van der Waals surface area contributed by atoms with E-state index in [0.717, 1.165) is 19.4 Å². The van der Waals surface area contributed by atoms with Crippen molar-refractivity contribution < 1.29 is 8.42 Å². The lowest BCUT2D eigenvalue weighted by Crippen LogP contribution is -2.44. The average Bonchev–Trinajstić information content (AvgIpc) is 2.82. The summed E-state index contributed by atoms with van der Waals surface area (Å²) in [6.45, 7) is 2.01. The van der Waals surface area contributed by atoms with Gasteiger partial charge in [0.05, 0.1) is 0 Å². The Morgan fingerprint density at radius 3 is 3.11 bits per heavy atom. The van der Waals surface area contributed by atoms with Crippen LogP contribution in [-0.4, -0.2) is 44.4 Å². The summed E-state index contributed by atoms with van der Waals surface area (Å²) < 4.78 is 28.4. The fourth-order valence-corrected chi connectivity index (χ4v) is 4.21. The van der Waals surface area contributed by atoms with Gasteiger partial charge in [0.2, 0.25) is 0 Å². The summed E-state index contributed by atoms with van der Waals surface area (Å²) in [7, 11) is -1.56. The van der Waals surface area contributed by atoms with E-state index in [2.05, 4.69) is 15.0 Å². The van der Waals surface area contributed by atoms with Crippen molar-refractivity contribution in [3.8, 4) is 0 Å². The largest absolute Gasteiger partial charge is 0.319 e. The molecule has 2 N–H and O–H groups in total. The minimum absolute atomic E-state index is 0.386. The summed E-state index contributed by atoms with van der Waals surface area (Å²) in [5.41, 5.74) is 0. The minimum atomic E-state index is -3.45. The first-order valence-electron chi connectivity index (χ1n) is 5.94. The predicted octanol–water partition coefficient (Wildman–Crippen LogP) is 0.731. The average molecular weight is 290 g/mol. The van der Waals surface area contributed by atoms with Crippen LogP contribution in [0.3, 0.4) is 0 Å². The summed E-state index contributed by atoms with van der Waals surface area (Å²) in [6.07, 6.45) is 3.57. The maximum absolute atomic E-state index is 12.2. The van der Waals surface area contributed by atoms with Gasteiger partial charge in [0.25, 0.3) is 0 Å². The van der Waals surface area contributed by atoms with E-state index in [1.807, 2.05) is 7.05 Å². The van der Waals surface area contributed by atoms with Crippen LogP contribution in [0, 0.1) is 5.92 Å². The van der Waals surface area contributed by atoms with Gasteiger partial charge in [-0.2, -0.15) is 12.7 Å². The normalized spacial score (nSPS) is 21.9. The van der Waals surface area contributed by atoms with Crippen molar-refractivity contribution in [3.63, 3.8) is 0 Å². The third-order valence-electron chi connectivity index (χ3n) is 2.96. The fraction of sp³-hybridized carbons (Fsp3) is 0.700. The molecule has 1 unspecified atom stereocenters. The molecule has 0 aliphatic carbocycles. The number of nitrogens with one attached hydrogen (secondary N) is 2. The zero-order valence-corrected chi connectivity index (χ0v) is 11.9. The van der Waals surface area contributed by atoms with E-state index in [9.17, 15) is 8.42 Å². The molecule has 0 bridgehead atoms. The second-order valence-electron chi connectivity index (χ2n) is 4.37. The van der Waals surface area contributed by atoms with Gasteiger partial charge < -0.3 is 5.32 Å². The zero-order valence-electron chi connectivity index (χ0n) is 10.3. The second-order valence-corrected chi connectivity index (χ2v) is 6.93. The smallest absolute Gasteiger partial charge is 0.303 e. The molecule has 1 aromatic rings. The highest BCUT2D eigenvalue weighted by Crippen LogP contribution is 2.21. The molecule has 0 spiro atoms. The van der Waals surface area contributed by atoms with Crippen LogP contribution in [0.5, 0.6) is 0 Å². The van der Waals surface area contributed by atoms with Gasteiger partial charge in [-0.05, 0) is 32.4 Å². The molecule has 18 heavy (non-hydrogen) atoms. The number of thiazole rings is 1. The maximum Gasteiger partial charge on any atom is 0.303 e. The summed E-state index contributed by atoms with van der Waals surface area (Å²) in [5, 5.41) is 5.27. The summed E-state index contributed by atoms with van der Waals surface area (Å²) in [6, 6.07) is 0. The molecule has 0 saturated carbocycles. The zero-order chi connectivity index (χ0) is 13.0. The van der Waals surface area contributed by atoms with Gasteiger partial charge in [0.15, 0.2) is 5.13 Å². The van der Waals surface area contributed by atoms with Crippen molar-refractivity contribution in [1.82, 2.24) is 14.6 Å². The molecule has 1 aliphatic rings. The van der Waals surface area contributed by atoms with Crippen molar-refractivity contribution in [2.45, 2.75) is 12.8 Å². The molecule has 2 rings (SSSR count). The summed E-state index contributed by atoms with van der Waals surface area (Å²) >= 11 is 1.28. The molecule has 0 amide bonds. The highest BCUT2D eigenvalue weighted by molar-refractivity contribution is 7.90. The van der Waals surface area contributed by atoms with Gasteiger partial charge in [-0.25, -0.2) is 9.71 Å². The van der Waals surface area contributed by atoms with Gasteiger partial charge in [0, 0.05) is 24.7 Å². The molecule has 2 heterocycles. The highest BCUT2D eigenvalue weighted by atomic mass is 32.2. The molecule has 1 atom stereocenters. The van der Waals surface area contributed by atoms with E-state index in [1.165, 1.54) is 15.6 Å². The van der Waals surface area contributed by atoms with Crippen LogP contribution in [0.2, 0.25) is 0 Å². The number of piperidine rings is 1. The van der Waals surface area contributed by atoms with E-state index < -0.39 is 10.2 Å². The molecule has 8 heteroatoms. The molecule has 1 aliphatic heterocycles. The lowest BCUT2D eigenvalue weighted by atomic mass is 10.00. The lowest BCUT2D eigenvalue weighted by molar-refractivity contribution is 0.264. The quantitative estimate of drug-likeness (QED) is 0.838. The third-order valence-corrected chi connectivity index (χ3v) is 5.24. The van der Waals surface area contributed by atoms with Gasteiger partial charge in [-0.1, -0.05) is 0 Å². The van der Waals surface area contributed by atoms with E-state index in [1.54, 1.807) is 11.6 Å². The van der Waals surface area contributed by atoms with Crippen molar-refractivity contribution in [2.75, 3.05) is 31.4 Å². The van der Waals surface area contributed by atoms with Crippen LogP contribution >= 0.6 is 11.3 Å². The van der Waals surface area contributed by atoms with Crippen molar-refractivity contribution >= 4 is 26.7 Å². The molecule has 6 nitrogen and oxygen atoms in total. The minimum Gasteiger partial charge on any atom is -0.319 e. The molecule has 0 radical (unpaired) electrons. The van der Waals surface area contributed by atoms with Crippen molar-refractivity contribution in [1.29, 1.82) is 0 Å². The van der Waals surface area contributed by atoms with Crippen molar-refractivity contribution in [2.24, 2.45) is 5.92 Å². The van der Waals surface area contributed by atoms with Gasteiger partial charge in [-0.15, -0.1) is 11.3 Å². The Morgan fingerprint density at radius 2 is 2.44 bits per heavy atom. The van der Waals surface area contributed by atoms with Crippen LogP contribution in [0.4, 0.5) is 5.13 Å². The molecular formula is C10H18N4O2S2. The molecule has 1 fully saturated rings. The van der Waals surface area contributed by atoms with Gasteiger partial charge in [-0.3, -0.25) is 0 Å². The molecule has 102 valence electrons. The highest BCUT2D eigenvalue weighted by Gasteiger charge is 2.28. The monoisotopic (exact) mass is 290 g/mol. The standard InChI is InChI=1S/C10H18N4O2S2/c1-11-7-9-3-2-5-14(8-9)18(15,16)13-10-12-4-6-17-10/h4,6,9,11H,2-3,5,7-8H2,1H3,(H,12,13). The van der Waals surface area contributed by atoms with E-state index in [4.69, 9.17) is 0 Å². The second kappa shape index (κ2) is 5.96. The van der Waals surface area contributed by atoms with Gasteiger partial charge >= 0.3 is 10.2 Å². The van der Waals surface area contributed by atoms with E-state index in [0.29, 0.717) is 24.1 Å². The fourth-order valence-electron chi connectivity index (χ4n) is 2.15. The summed E-state index contributed by atoms with van der Waals surface area (Å²) in [4.78, 5) is 3.94. The van der Waals surface area contributed by atoms with E-state index >= 15 is 0 Å². The molecule has 1 aromatic heterocycles. The number of rotatable bonds is 5. The maximum atomic E-state index is 12.2. The molecule has 1 saturated heterocycles. The number of nitrogens with zero attached hydrogens (tertiary/aromatic N) is 2. The van der Waals surface area contributed by atoms with Gasteiger partial charge in [0.1, 0.15) is 0 Å². The number of hydrogen-bond donors (Lipinski definition) is 2. The Morgan fingerprint density at radius 1 is 1.61 bits per heavy atom. The van der Waals surface area contributed by atoms with Crippen molar-refractivity contribution in [3.05, 3.63) is 11.6 Å². The lowest BCUT2D eigenvalue weighted by Gasteiger charge is -2.31. The number of hydrogen-bond acceptors (Lipinski definition) is 5. The van der Waals surface area contributed by atoms with E-state index in [-0.39, 0.29) is 0 Å². The Kier molecular flexibility index (Phi) is 4.55. The van der Waals surface area contributed by atoms with Crippen LogP contribution in [0.15, 0.2) is 11.6 Å². The van der Waals surface area contributed by atoms with Crippen LogP contribution in [0.25, 0.3) is 0 Å². The number of anilines is 1. The SMILES string of the molecule is CNCC1CCCN(S(=O)(=O)Nc2nccs2)C1. The Labute approximate surface area is 112 Å². The predicted molar refractivity (Wildman–Crippen MR) is 72.9 cm³/mol. The number of aromatic nitrogens is 1. The van der Waals surface area contributed by atoms with Crippen LogP contribution in [0.1, 0.15) is 12.8 Å². The first-order chi connectivity index (χ1) is 8.62. The Balaban J connectivity index is 2.00. The molecular weight excluding hydrogens is 272 g/mol. The molecule has 0 aromatic carbocycles. The first-order valence-corrected chi connectivity index (χ1v) is 8.26. The topological polar surface area (TPSA) is 74.3 Å². The first kappa shape index (κ1) is 13.7. The van der Waals surface area contributed by atoms with Crippen LogP contribution in [-0.2, 0) is 10.2 Å². The Bertz CT molecular complexity index is 458. The van der Waals surface area contributed by atoms with Crippen LogP contribution < -0.4 is 10.0 Å².